The molecular weight excluding hydrogens is 294 g/mol. The third-order valence-corrected chi connectivity index (χ3v) is 2.98. The molecule has 1 aromatic heterocycles. The number of aromatic nitrogens is 2. The van der Waals surface area contributed by atoms with E-state index in [1.54, 1.807) is 29.1 Å². The quantitative estimate of drug-likeness (QED) is 0.943. The summed E-state index contributed by atoms with van der Waals surface area (Å²) in [6.07, 6.45) is 1.68. The number of hydrogen-bond acceptors (Lipinski definition) is 2. The van der Waals surface area contributed by atoms with E-state index in [0.717, 1.165) is 4.47 Å². The molecule has 0 saturated carbocycles. The summed E-state index contributed by atoms with van der Waals surface area (Å²) in [5.74, 6) is 0.564. The van der Waals surface area contributed by atoms with Crippen molar-refractivity contribution in [3.8, 4) is 0 Å². The Morgan fingerprint density at radius 2 is 2.17 bits per heavy atom. The second kappa shape index (κ2) is 5.35. The third-order valence-electron chi connectivity index (χ3n) is 2.49. The van der Waals surface area contributed by atoms with E-state index in [1.807, 2.05) is 26.0 Å². The zero-order valence-electron chi connectivity index (χ0n) is 10.2. The minimum Gasteiger partial charge on any atom is -0.307 e. The average Bonchev–Trinajstić information content (AvgIpc) is 2.77. The third kappa shape index (κ3) is 2.79. The molecule has 2 aromatic rings. The lowest BCUT2D eigenvalue weighted by molar-refractivity contribution is 0.102. The summed E-state index contributed by atoms with van der Waals surface area (Å²) in [6.45, 7) is 4.03. The first kappa shape index (κ1) is 12.8. The number of nitrogens with one attached hydrogen (secondary N) is 1. The fourth-order valence-corrected chi connectivity index (χ4v) is 2.04. The first-order chi connectivity index (χ1) is 8.58. The smallest absolute Gasteiger partial charge is 0.256 e. The van der Waals surface area contributed by atoms with E-state index < -0.39 is 0 Å². The molecule has 0 spiro atoms. The summed E-state index contributed by atoms with van der Waals surface area (Å²) >= 11 is 3.35. The Hall–Kier alpha value is -1.62. The molecule has 0 saturated heterocycles. The van der Waals surface area contributed by atoms with Gasteiger partial charge in [-0.25, -0.2) is 4.68 Å². The number of rotatable bonds is 3. The Morgan fingerprint density at radius 3 is 2.83 bits per heavy atom. The van der Waals surface area contributed by atoms with Crippen molar-refractivity contribution in [1.82, 2.24) is 9.78 Å². The first-order valence-electron chi connectivity index (χ1n) is 5.68. The van der Waals surface area contributed by atoms with E-state index in [1.165, 1.54) is 0 Å². The van der Waals surface area contributed by atoms with E-state index in [4.69, 9.17) is 0 Å². The predicted octanol–water partition coefficient (Wildman–Crippen LogP) is 3.48. The molecule has 0 atom stereocenters. The molecule has 94 valence electrons. The van der Waals surface area contributed by atoms with Gasteiger partial charge in [0.05, 0.1) is 6.20 Å². The molecule has 1 heterocycles. The van der Waals surface area contributed by atoms with Crippen molar-refractivity contribution in [2.75, 3.05) is 5.32 Å². The summed E-state index contributed by atoms with van der Waals surface area (Å²) < 4.78 is 2.66. The van der Waals surface area contributed by atoms with Crippen LogP contribution in [0.25, 0.3) is 0 Å². The number of nitrogens with zero attached hydrogens (tertiary/aromatic N) is 2. The van der Waals surface area contributed by atoms with Crippen LogP contribution in [0.5, 0.6) is 0 Å². The van der Waals surface area contributed by atoms with Crippen molar-refractivity contribution in [2.45, 2.75) is 19.9 Å². The zero-order chi connectivity index (χ0) is 13.1. The molecular formula is C13H14BrN3O. The highest BCUT2D eigenvalue weighted by molar-refractivity contribution is 9.10. The summed E-state index contributed by atoms with van der Waals surface area (Å²) in [6, 6.07) is 9.27. The van der Waals surface area contributed by atoms with Crippen molar-refractivity contribution in [3.63, 3.8) is 0 Å². The van der Waals surface area contributed by atoms with Crippen molar-refractivity contribution in [1.29, 1.82) is 0 Å². The molecule has 0 fully saturated rings. The maximum atomic E-state index is 12.1. The number of hydrogen-bond donors (Lipinski definition) is 1. The van der Waals surface area contributed by atoms with Crippen molar-refractivity contribution >= 4 is 27.7 Å². The predicted molar refractivity (Wildman–Crippen MR) is 74.7 cm³/mol. The monoisotopic (exact) mass is 307 g/mol. The molecule has 0 aliphatic carbocycles. The molecule has 18 heavy (non-hydrogen) atoms. The maximum Gasteiger partial charge on any atom is 0.256 e. The molecule has 5 heteroatoms. The van der Waals surface area contributed by atoms with Gasteiger partial charge < -0.3 is 5.32 Å². The molecule has 0 bridgehead atoms. The number of anilines is 1. The topological polar surface area (TPSA) is 46.9 Å². The molecule has 2 rings (SSSR count). The highest BCUT2D eigenvalue weighted by atomic mass is 79.9. The highest BCUT2D eigenvalue weighted by Crippen LogP contribution is 2.16. The lowest BCUT2D eigenvalue weighted by Crippen LogP contribution is -2.16. The normalized spacial score (nSPS) is 10.7. The Bertz CT molecular complexity index is 563. The molecule has 0 aliphatic heterocycles. The fourth-order valence-electron chi connectivity index (χ4n) is 1.64. The summed E-state index contributed by atoms with van der Waals surface area (Å²) in [5.41, 5.74) is 0.612. The van der Waals surface area contributed by atoms with Crippen LogP contribution < -0.4 is 5.32 Å². The Kier molecular flexibility index (Phi) is 3.81. The SMILES string of the molecule is CC(C)n1nccc1NC(=O)c1cccc(Br)c1. The summed E-state index contributed by atoms with van der Waals surface area (Å²) in [5, 5.41) is 7.03. The van der Waals surface area contributed by atoms with Crippen molar-refractivity contribution < 1.29 is 4.79 Å². The van der Waals surface area contributed by atoms with Crippen LogP contribution >= 0.6 is 15.9 Å². The van der Waals surface area contributed by atoms with Crippen LogP contribution in [0.4, 0.5) is 5.82 Å². The summed E-state index contributed by atoms with van der Waals surface area (Å²) in [4.78, 5) is 12.1. The minimum absolute atomic E-state index is 0.140. The van der Waals surface area contributed by atoms with Crippen molar-refractivity contribution in [2.24, 2.45) is 0 Å². The summed E-state index contributed by atoms with van der Waals surface area (Å²) in [7, 11) is 0. The number of carbonyl (C=O) groups is 1. The van der Waals surface area contributed by atoms with Gasteiger partial charge in [-0.3, -0.25) is 4.79 Å². The molecule has 1 amide bonds. The Balaban J connectivity index is 2.19. The molecule has 0 aliphatic rings. The van der Waals surface area contributed by atoms with Gasteiger partial charge in [0.25, 0.3) is 5.91 Å². The van der Waals surface area contributed by atoms with Crippen molar-refractivity contribution in [3.05, 3.63) is 46.6 Å². The largest absolute Gasteiger partial charge is 0.307 e. The van der Waals surface area contributed by atoms with Gasteiger partial charge in [-0.05, 0) is 32.0 Å². The van der Waals surface area contributed by atoms with E-state index in [2.05, 4.69) is 26.3 Å². The van der Waals surface area contributed by atoms with Crippen LogP contribution in [-0.4, -0.2) is 15.7 Å². The van der Waals surface area contributed by atoms with Crippen LogP contribution in [0.3, 0.4) is 0 Å². The highest BCUT2D eigenvalue weighted by Gasteiger charge is 2.11. The molecule has 1 aromatic carbocycles. The van der Waals surface area contributed by atoms with Crippen LogP contribution in [0.15, 0.2) is 41.0 Å². The van der Waals surface area contributed by atoms with Crippen LogP contribution in [0, 0.1) is 0 Å². The number of carbonyl (C=O) groups excluding carboxylic acids is 1. The molecule has 4 nitrogen and oxygen atoms in total. The second-order valence-corrected chi connectivity index (χ2v) is 5.13. The van der Waals surface area contributed by atoms with E-state index >= 15 is 0 Å². The Morgan fingerprint density at radius 1 is 1.39 bits per heavy atom. The molecule has 1 N–H and O–H groups in total. The maximum absolute atomic E-state index is 12.1. The van der Waals surface area contributed by atoms with E-state index in [9.17, 15) is 4.79 Å². The number of benzene rings is 1. The van der Waals surface area contributed by atoms with Crippen LogP contribution in [0.2, 0.25) is 0 Å². The fraction of sp³-hybridized carbons (Fsp3) is 0.231. The van der Waals surface area contributed by atoms with Gasteiger partial charge in [-0.1, -0.05) is 22.0 Å². The number of halogens is 1. The molecule has 0 unspecified atom stereocenters. The average molecular weight is 308 g/mol. The zero-order valence-corrected chi connectivity index (χ0v) is 11.8. The first-order valence-corrected chi connectivity index (χ1v) is 6.47. The standard InChI is InChI=1S/C13H14BrN3O/c1-9(2)17-12(6-7-15-17)16-13(18)10-4-3-5-11(14)8-10/h3-9H,1-2H3,(H,16,18). The van der Waals surface area contributed by atoms with Gasteiger partial charge in [0.2, 0.25) is 0 Å². The lowest BCUT2D eigenvalue weighted by atomic mass is 10.2. The van der Waals surface area contributed by atoms with Gasteiger partial charge in [-0.2, -0.15) is 5.10 Å². The van der Waals surface area contributed by atoms with Gasteiger partial charge in [0.1, 0.15) is 5.82 Å². The van der Waals surface area contributed by atoms with E-state index in [0.29, 0.717) is 11.4 Å². The molecule has 0 radical (unpaired) electrons. The van der Waals surface area contributed by atoms with E-state index in [-0.39, 0.29) is 11.9 Å². The van der Waals surface area contributed by atoms with Crippen LogP contribution in [0.1, 0.15) is 30.2 Å². The Labute approximate surface area is 114 Å². The number of amides is 1. The van der Waals surface area contributed by atoms with Gasteiger partial charge in [0.15, 0.2) is 0 Å². The second-order valence-electron chi connectivity index (χ2n) is 4.22. The lowest BCUT2D eigenvalue weighted by Gasteiger charge is -2.11. The minimum atomic E-state index is -0.140. The van der Waals surface area contributed by atoms with Gasteiger partial charge in [-0.15, -0.1) is 0 Å². The van der Waals surface area contributed by atoms with Gasteiger partial charge >= 0.3 is 0 Å². The van der Waals surface area contributed by atoms with Crippen LogP contribution in [-0.2, 0) is 0 Å². The van der Waals surface area contributed by atoms with Gasteiger partial charge in [0, 0.05) is 22.1 Å².